The fraction of sp³-hybridized carbons (Fsp3) is 0.300. The highest BCUT2D eigenvalue weighted by Crippen LogP contribution is 2.33. The summed E-state index contributed by atoms with van der Waals surface area (Å²) in [6.45, 7) is 0. The summed E-state index contributed by atoms with van der Waals surface area (Å²) in [5.41, 5.74) is 8.33. The molecule has 2 fully saturated rings. The number of nitrogens with one attached hydrogen (secondary N) is 2. The molecule has 2 aliphatic carbocycles. The number of carbonyl (C=O) groups excluding carboxylic acids is 2. The third kappa shape index (κ3) is 3.11. The number of benzene rings is 1. The van der Waals surface area contributed by atoms with Gasteiger partial charge in [-0.2, -0.15) is 4.98 Å². The second-order valence-electron chi connectivity index (χ2n) is 7.57. The van der Waals surface area contributed by atoms with Crippen LogP contribution in [0, 0.1) is 5.92 Å². The maximum absolute atomic E-state index is 12.1. The zero-order chi connectivity index (χ0) is 19.3. The highest BCUT2D eigenvalue weighted by molar-refractivity contribution is 6.00. The summed E-state index contributed by atoms with van der Waals surface area (Å²) in [7, 11) is 0. The lowest BCUT2D eigenvalue weighted by molar-refractivity contribution is -0.118. The molecule has 8 heteroatoms. The molecule has 4 N–H and O–H groups in total. The van der Waals surface area contributed by atoms with E-state index in [1.165, 1.54) is 0 Å². The van der Waals surface area contributed by atoms with Crippen molar-refractivity contribution in [2.75, 3.05) is 10.6 Å². The number of amides is 2. The fourth-order valence-corrected chi connectivity index (χ4v) is 3.08. The molecule has 0 aliphatic heterocycles. The molecule has 142 valence electrons. The first-order valence-electron chi connectivity index (χ1n) is 9.39. The Hall–Kier alpha value is -3.26. The van der Waals surface area contributed by atoms with Gasteiger partial charge in [0.2, 0.25) is 17.8 Å². The number of pyridine rings is 1. The van der Waals surface area contributed by atoms with Crippen molar-refractivity contribution in [1.82, 2.24) is 14.6 Å². The predicted octanol–water partition coefficient (Wildman–Crippen LogP) is 2.17. The summed E-state index contributed by atoms with van der Waals surface area (Å²) in [4.78, 5) is 28.4. The fourth-order valence-electron chi connectivity index (χ4n) is 3.08. The first-order chi connectivity index (χ1) is 13.5. The van der Waals surface area contributed by atoms with E-state index in [1.807, 2.05) is 42.5 Å². The average molecular weight is 376 g/mol. The molecule has 2 amide bonds. The molecule has 0 bridgehead atoms. The van der Waals surface area contributed by atoms with Crippen LogP contribution in [-0.2, 0) is 9.59 Å². The third-order valence-electron chi connectivity index (χ3n) is 5.22. The van der Waals surface area contributed by atoms with Gasteiger partial charge in [-0.3, -0.25) is 14.9 Å². The van der Waals surface area contributed by atoms with Crippen LogP contribution in [-0.4, -0.2) is 32.0 Å². The Labute approximate surface area is 161 Å². The molecule has 8 nitrogen and oxygen atoms in total. The molecule has 0 radical (unpaired) electrons. The molecule has 0 saturated heterocycles. The van der Waals surface area contributed by atoms with Gasteiger partial charge in [-0.15, -0.1) is 5.10 Å². The van der Waals surface area contributed by atoms with Gasteiger partial charge in [0.15, 0.2) is 5.65 Å². The second-order valence-corrected chi connectivity index (χ2v) is 7.57. The van der Waals surface area contributed by atoms with Crippen LogP contribution in [0.1, 0.15) is 25.7 Å². The summed E-state index contributed by atoms with van der Waals surface area (Å²) in [5, 5.41) is 10.1. The topological polar surface area (TPSA) is 114 Å². The maximum Gasteiger partial charge on any atom is 0.249 e. The Morgan fingerprint density at radius 2 is 1.82 bits per heavy atom. The molecule has 2 aliphatic rings. The Balaban J connectivity index is 1.39. The predicted molar refractivity (Wildman–Crippen MR) is 105 cm³/mol. The standard InChI is InChI=1S/C20H20N6O2/c21-20(10-11-20)18(28)22-14-8-6-12(7-9-14)15-2-1-3-16-23-19(25-26(15)16)24-17(27)13-4-5-13/h1-3,6-9,13H,4-5,10-11,21H2,(H,22,28)(H,24,25,27). The monoisotopic (exact) mass is 376 g/mol. The van der Waals surface area contributed by atoms with Gasteiger partial charge in [0, 0.05) is 17.2 Å². The molecule has 3 aromatic rings. The number of aromatic nitrogens is 3. The van der Waals surface area contributed by atoms with Crippen molar-refractivity contribution in [3.05, 3.63) is 42.5 Å². The van der Waals surface area contributed by atoms with Gasteiger partial charge in [0.05, 0.1) is 11.2 Å². The van der Waals surface area contributed by atoms with Gasteiger partial charge < -0.3 is 11.1 Å². The van der Waals surface area contributed by atoms with E-state index >= 15 is 0 Å². The van der Waals surface area contributed by atoms with E-state index in [4.69, 9.17) is 5.73 Å². The number of nitrogens with two attached hydrogens (primary N) is 1. The minimum atomic E-state index is -0.702. The Morgan fingerprint density at radius 3 is 2.50 bits per heavy atom. The van der Waals surface area contributed by atoms with Gasteiger partial charge in [-0.05, 0) is 49.9 Å². The zero-order valence-electron chi connectivity index (χ0n) is 15.2. The van der Waals surface area contributed by atoms with E-state index in [-0.39, 0.29) is 17.7 Å². The molecular formula is C20H20N6O2. The molecule has 5 rings (SSSR count). The first kappa shape index (κ1) is 16.9. The number of rotatable bonds is 5. The summed E-state index contributed by atoms with van der Waals surface area (Å²) in [5.74, 6) is 0.239. The lowest BCUT2D eigenvalue weighted by atomic mass is 10.1. The van der Waals surface area contributed by atoms with Crippen molar-refractivity contribution in [2.24, 2.45) is 11.7 Å². The van der Waals surface area contributed by atoms with Gasteiger partial charge in [-0.1, -0.05) is 18.2 Å². The summed E-state index contributed by atoms with van der Waals surface area (Å²) in [6.07, 6.45) is 3.31. The van der Waals surface area contributed by atoms with Crippen molar-refractivity contribution in [1.29, 1.82) is 0 Å². The smallest absolute Gasteiger partial charge is 0.249 e. The molecule has 28 heavy (non-hydrogen) atoms. The van der Waals surface area contributed by atoms with Gasteiger partial charge in [-0.25, -0.2) is 4.52 Å². The van der Waals surface area contributed by atoms with Gasteiger partial charge in [0.1, 0.15) is 0 Å². The minimum absolute atomic E-state index is 0.0223. The Kier molecular flexibility index (Phi) is 3.70. The zero-order valence-corrected chi connectivity index (χ0v) is 15.2. The minimum Gasteiger partial charge on any atom is -0.324 e. The van der Waals surface area contributed by atoms with Crippen molar-refractivity contribution >= 4 is 29.1 Å². The molecule has 2 saturated carbocycles. The number of hydrogen-bond donors (Lipinski definition) is 3. The second kappa shape index (κ2) is 6.13. The normalized spacial score (nSPS) is 17.3. The summed E-state index contributed by atoms with van der Waals surface area (Å²) >= 11 is 0. The van der Waals surface area contributed by atoms with Crippen molar-refractivity contribution in [2.45, 2.75) is 31.2 Å². The summed E-state index contributed by atoms with van der Waals surface area (Å²) < 4.78 is 1.70. The van der Waals surface area contributed by atoms with Crippen LogP contribution in [0.4, 0.5) is 11.6 Å². The summed E-state index contributed by atoms with van der Waals surface area (Å²) in [6, 6.07) is 13.2. The molecule has 1 aromatic carbocycles. The molecule has 2 heterocycles. The van der Waals surface area contributed by atoms with Crippen molar-refractivity contribution < 1.29 is 9.59 Å². The molecule has 2 aromatic heterocycles. The highest BCUT2D eigenvalue weighted by atomic mass is 16.2. The van der Waals surface area contributed by atoms with Crippen LogP contribution in [0.5, 0.6) is 0 Å². The number of nitrogens with zero attached hydrogens (tertiary/aromatic N) is 3. The SMILES string of the molecule is NC1(C(=O)Nc2ccc(-c3cccc4nc(NC(=O)C5CC5)nn34)cc2)CC1. The van der Waals surface area contributed by atoms with E-state index in [1.54, 1.807) is 4.52 Å². The number of fused-ring (bicyclic) bond motifs is 1. The molecule has 0 spiro atoms. The van der Waals surface area contributed by atoms with Crippen molar-refractivity contribution in [3.8, 4) is 11.3 Å². The molecule has 0 atom stereocenters. The lowest BCUT2D eigenvalue weighted by Crippen LogP contribution is -2.37. The lowest BCUT2D eigenvalue weighted by Gasteiger charge is -2.11. The van der Waals surface area contributed by atoms with Crippen LogP contribution >= 0.6 is 0 Å². The van der Waals surface area contributed by atoms with E-state index < -0.39 is 5.54 Å². The quantitative estimate of drug-likeness (QED) is 0.631. The number of anilines is 2. The molecular weight excluding hydrogens is 356 g/mol. The van der Waals surface area contributed by atoms with E-state index in [0.29, 0.717) is 17.3 Å². The van der Waals surface area contributed by atoms with E-state index in [0.717, 1.165) is 36.9 Å². The van der Waals surface area contributed by atoms with Crippen LogP contribution in [0.25, 0.3) is 16.9 Å². The Bertz CT molecular complexity index is 1080. The van der Waals surface area contributed by atoms with Crippen LogP contribution in [0.2, 0.25) is 0 Å². The van der Waals surface area contributed by atoms with Crippen LogP contribution in [0.3, 0.4) is 0 Å². The largest absolute Gasteiger partial charge is 0.324 e. The first-order valence-corrected chi connectivity index (χ1v) is 9.39. The van der Waals surface area contributed by atoms with Crippen LogP contribution in [0.15, 0.2) is 42.5 Å². The van der Waals surface area contributed by atoms with E-state index in [2.05, 4.69) is 20.7 Å². The van der Waals surface area contributed by atoms with Crippen LogP contribution < -0.4 is 16.4 Å². The third-order valence-corrected chi connectivity index (χ3v) is 5.22. The maximum atomic E-state index is 12.1. The average Bonchev–Trinajstić information content (AvgIpc) is 3.61. The van der Waals surface area contributed by atoms with Gasteiger partial charge >= 0.3 is 0 Å². The molecule has 0 unspecified atom stereocenters. The Morgan fingerprint density at radius 1 is 1.07 bits per heavy atom. The van der Waals surface area contributed by atoms with Crippen molar-refractivity contribution in [3.63, 3.8) is 0 Å². The van der Waals surface area contributed by atoms with E-state index in [9.17, 15) is 9.59 Å². The number of carbonyl (C=O) groups is 2. The highest BCUT2D eigenvalue weighted by Gasteiger charge is 2.45. The van der Waals surface area contributed by atoms with Gasteiger partial charge in [0.25, 0.3) is 0 Å². The number of hydrogen-bond acceptors (Lipinski definition) is 5.